The molecule has 3 atom stereocenters. The van der Waals surface area contributed by atoms with Gasteiger partial charge in [-0.15, -0.1) is 0 Å². The molecule has 0 aromatic carbocycles. The standard InChI is InChI=1S/C7H13F2NO2/c1-7(8,9)4-2-10-3-5(11)6(4)12/h4-6,10-12H,2-3H2,1H3/t4-,5+,6+/m0/s1. The quantitative estimate of drug-likeness (QED) is 0.515. The van der Waals surface area contributed by atoms with Gasteiger partial charge in [-0.05, 0) is 6.92 Å². The average Bonchev–Trinajstić information content (AvgIpc) is 1.92. The summed E-state index contributed by atoms with van der Waals surface area (Å²) < 4.78 is 25.4. The summed E-state index contributed by atoms with van der Waals surface area (Å²) in [6.45, 7) is 0.968. The van der Waals surface area contributed by atoms with Crippen molar-refractivity contribution in [2.24, 2.45) is 5.92 Å². The van der Waals surface area contributed by atoms with Crippen molar-refractivity contribution in [1.29, 1.82) is 0 Å². The summed E-state index contributed by atoms with van der Waals surface area (Å²) in [5.41, 5.74) is 0. The fourth-order valence-corrected chi connectivity index (χ4v) is 1.38. The Morgan fingerprint density at radius 3 is 2.33 bits per heavy atom. The average molecular weight is 181 g/mol. The van der Waals surface area contributed by atoms with Crippen LogP contribution in [0.2, 0.25) is 0 Å². The van der Waals surface area contributed by atoms with Crippen LogP contribution in [0.1, 0.15) is 6.92 Å². The Hall–Kier alpha value is -0.260. The van der Waals surface area contributed by atoms with Gasteiger partial charge in [0.2, 0.25) is 0 Å². The molecule has 0 saturated carbocycles. The molecule has 0 aromatic heterocycles. The van der Waals surface area contributed by atoms with Crippen molar-refractivity contribution in [3.05, 3.63) is 0 Å². The number of alkyl halides is 2. The van der Waals surface area contributed by atoms with Crippen molar-refractivity contribution in [3.63, 3.8) is 0 Å². The molecule has 3 N–H and O–H groups in total. The molecule has 72 valence electrons. The van der Waals surface area contributed by atoms with Crippen LogP contribution >= 0.6 is 0 Å². The zero-order valence-corrected chi connectivity index (χ0v) is 6.80. The lowest BCUT2D eigenvalue weighted by atomic mass is 9.89. The maximum Gasteiger partial charge on any atom is 0.251 e. The van der Waals surface area contributed by atoms with Crippen LogP contribution < -0.4 is 5.32 Å². The molecule has 5 heteroatoms. The third-order valence-electron chi connectivity index (χ3n) is 2.18. The van der Waals surface area contributed by atoms with Crippen molar-refractivity contribution in [2.75, 3.05) is 13.1 Å². The van der Waals surface area contributed by atoms with Crippen LogP contribution in [0.4, 0.5) is 8.78 Å². The highest BCUT2D eigenvalue weighted by Gasteiger charge is 2.43. The fourth-order valence-electron chi connectivity index (χ4n) is 1.38. The smallest absolute Gasteiger partial charge is 0.251 e. The lowest BCUT2D eigenvalue weighted by Crippen LogP contribution is -2.55. The lowest BCUT2D eigenvalue weighted by molar-refractivity contribution is -0.133. The fraction of sp³-hybridized carbons (Fsp3) is 1.00. The molecular weight excluding hydrogens is 168 g/mol. The highest BCUT2D eigenvalue weighted by molar-refractivity contribution is 4.90. The first-order chi connectivity index (χ1) is 5.43. The molecule has 12 heavy (non-hydrogen) atoms. The topological polar surface area (TPSA) is 52.5 Å². The molecule has 0 aliphatic carbocycles. The first-order valence-electron chi connectivity index (χ1n) is 3.87. The largest absolute Gasteiger partial charge is 0.390 e. The SMILES string of the molecule is CC(F)(F)[C@H]1CNC[C@@H](O)[C@@H]1O. The van der Waals surface area contributed by atoms with E-state index in [1.807, 2.05) is 0 Å². The van der Waals surface area contributed by atoms with Crippen LogP contribution in [-0.4, -0.2) is 41.4 Å². The second kappa shape index (κ2) is 3.24. The minimum atomic E-state index is -2.95. The van der Waals surface area contributed by atoms with E-state index in [9.17, 15) is 13.9 Å². The Kier molecular flexibility index (Phi) is 2.65. The molecule has 1 saturated heterocycles. The van der Waals surface area contributed by atoms with Crippen LogP contribution in [0.5, 0.6) is 0 Å². The summed E-state index contributed by atoms with van der Waals surface area (Å²) in [7, 11) is 0. The Balaban J connectivity index is 2.64. The van der Waals surface area contributed by atoms with Crippen molar-refractivity contribution in [3.8, 4) is 0 Å². The maximum absolute atomic E-state index is 12.7. The summed E-state index contributed by atoms with van der Waals surface area (Å²) in [4.78, 5) is 0. The molecule has 0 bridgehead atoms. The number of nitrogens with one attached hydrogen (secondary N) is 1. The Labute approximate surface area is 69.4 Å². The second-order valence-electron chi connectivity index (χ2n) is 3.28. The third kappa shape index (κ3) is 1.91. The molecule has 3 nitrogen and oxygen atoms in total. The van der Waals surface area contributed by atoms with Gasteiger partial charge >= 0.3 is 0 Å². The zero-order chi connectivity index (χ0) is 9.35. The van der Waals surface area contributed by atoms with Gasteiger partial charge in [-0.2, -0.15) is 0 Å². The first-order valence-corrected chi connectivity index (χ1v) is 3.87. The number of hydrogen-bond acceptors (Lipinski definition) is 3. The molecule has 1 aliphatic heterocycles. The van der Waals surface area contributed by atoms with E-state index < -0.39 is 24.0 Å². The number of β-amino-alcohol motifs (C(OH)–C–C–N with tert-alkyl or cyclic N) is 1. The molecule has 0 unspecified atom stereocenters. The molecule has 0 radical (unpaired) electrons. The predicted molar refractivity (Wildman–Crippen MR) is 39.0 cm³/mol. The maximum atomic E-state index is 12.7. The summed E-state index contributed by atoms with van der Waals surface area (Å²) in [6, 6.07) is 0. The van der Waals surface area contributed by atoms with Gasteiger partial charge in [-0.3, -0.25) is 0 Å². The summed E-state index contributed by atoms with van der Waals surface area (Å²) in [5, 5.41) is 20.9. The monoisotopic (exact) mass is 181 g/mol. The highest BCUT2D eigenvalue weighted by Crippen LogP contribution is 2.29. The Morgan fingerprint density at radius 2 is 1.92 bits per heavy atom. The summed E-state index contributed by atoms with van der Waals surface area (Å²) in [5.74, 6) is -4.14. The predicted octanol–water partition coefficient (Wildman–Crippen LogP) is -0.417. The van der Waals surface area contributed by atoms with E-state index in [1.54, 1.807) is 0 Å². The Morgan fingerprint density at radius 1 is 1.33 bits per heavy atom. The van der Waals surface area contributed by atoms with Gasteiger partial charge in [0, 0.05) is 13.1 Å². The molecule has 0 amide bonds. The normalized spacial score (nSPS) is 38.2. The summed E-state index contributed by atoms with van der Waals surface area (Å²) >= 11 is 0. The van der Waals surface area contributed by atoms with Gasteiger partial charge in [0.25, 0.3) is 5.92 Å². The zero-order valence-electron chi connectivity index (χ0n) is 6.80. The second-order valence-corrected chi connectivity index (χ2v) is 3.28. The number of aliphatic hydroxyl groups excluding tert-OH is 2. The van der Waals surface area contributed by atoms with E-state index in [2.05, 4.69) is 5.32 Å². The lowest BCUT2D eigenvalue weighted by Gasteiger charge is -2.35. The highest BCUT2D eigenvalue weighted by atomic mass is 19.3. The van der Waals surface area contributed by atoms with Crippen LogP contribution in [0.3, 0.4) is 0 Å². The van der Waals surface area contributed by atoms with Gasteiger partial charge < -0.3 is 15.5 Å². The van der Waals surface area contributed by atoms with E-state index in [1.165, 1.54) is 0 Å². The third-order valence-corrected chi connectivity index (χ3v) is 2.18. The van der Waals surface area contributed by atoms with E-state index in [4.69, 9.17) is 5.11 Å². The van der Waals surface area contributed by atoms with Crippen LogP contribution in [0.15, 0.2) is 0 Å². The molecule has 1 aliphatic rings. The molecule has 1 heterocycles. The number of halogens is 2. The van der Waals surface area contributed by atoms with Crippen LogP contribution in [0, 0.1) is 5.92 Å². The molecule has 0 aromatic rings. The van der Waals surface area contributed by atoms with E-state index >= 15 is 0 Å². The molecular formula is C7H13F2NO2. The first kappa shape index (κ1) is 9.83. The molecule has 1 fully saturated rings. The Bertz CT molecular complexity index is 160. The van der Waals surface area contributed by atoms with E-state index in [0.29, 0.717) is 0 Å². The minimum Gasteiger partial charge on any atom is -0.390 e. The van der Waals surface area contributed by atoms with Crippen molar-refractivity contribution in [1.82, 2.24) is 5.32 Å². The number of hydrogen-bond donors (Lipinski definition) is 3. The van der Waals surface area contributed by atoms with E-state index in [-0.39, 0.29) is 13.1 Å². The minimum absolute atomic E-state index is 0.0434. The van der Waals surface area contributed by atoms with Gasteiger partial charge in [-0.1, -0.05) is 0 Å². The van der Waals surface area contributed by atoms with Crippen molar-refractivity contribution < 1.29 is 19.0 Å². The van der Waals surface area contributed by atoms with Crippen LogP contribution in [0.25, 0.3) is 0 Å². The van der Waals surface area contributed by atoms with Crippen molar-refractivity contribution in [2.45, 2.75) is 25.1 Å². The van der Waals surface area contributed by atoms with Gasteiger partial charge in [0.05, 0.1) is 18.1 Å². The molecule has 1 rings (SSSR count). The number of aliphatic hydroxyl groups is 2. The number of rotatable bonds is 1. The van der Waals surface area contributed by atoms with E-state index in [0.717, 1.165) is 6.92 Å². The van der Waals surface area contributed by atoms with Gasteiger partial charge in [0.1, 0.15) is 0 Å². The van der Waals surface area contributed by atoms with Gasteiger partial charge in [-0.25, -0.2) is 8.78 Å². The van der Waals surface area contributed by atoms with Crippen LogP contribution in [-0.2, 0) is 0 Å². The summed E-state index contributed by atoms with van der Waals surface area (Å²) in [6.07, 6.45) is -2.42. The van der Waals surface area contributed by atoms with Gasteiger partial charge in [0.15, 0.2) is 0 Å². The van der Waals surface area contributed by atoms with Crippen molar-refractivity contribution >= 4 is 0 Å². The number of piperidine rings is 1. The molecule has 0 spiro atoms.